The van der Waals surface area contributed by atoms with Crippen molar-refractivity contribution in [2.45, 2.75) is 31.2 Å². The molecular weight excluding hydrogens is 395 g/mol. The summed E-state index contributed by atoms with van der Waals surface area (Å²) in [5.41, 5.74) is 1.26. The van der Waals surface area contributed by atoms with Crippen molar-refractivity contribution in [3.63, 3.8) is 0 Å². The monoisotopic (exact) mass is 420 g/mol. The van der Waals surface area contributed by atoms with Crippen LogP contribution in [0.5, 0.6) is 5.75 Å². The maximum atomic E-state index is 13.6. The molecule has 1 heterocycles. The zero-order valence-corrected chi connectivity index (χ0v) is 17.3. The molecule has 0 bridgehead atoms. The number of carbonyl (C=O) groups is 1. The summed E-state index contributed by atoms with van der Waals surface area (Å²) >= 11 is 0. The molecule has 1 aliphatic heterocycles. The Bertz CT molecular complexity index is 969. The van der Waals surface area contributed by atoms with E-state index in [0.29, 0.717) is 29.7 Å². The number of benzene rings is 2. The maximum absolute atomic E-state index is 13.6. The standard InChI is InChI=1S/C21H25FN2O4S/c1-15-3-4-16(13-20(15)22)14-23-21(25)17-9-11-24(12-10-17)29(26,27)19-7-5-18(28-2)6-8-19/h3-8,13,17H,9-12,14H2,1-2H3,(H,23,25). The Labute approximate surface area is 170 Å². The average Bonchev–Trinajstić information content (AvgIpc) is 2.74. The summed E-state index contributed by atoms with van der Waals surface area (Å²) in [7, 11) is -2.07. The van der Waals surface area contributed by atoms with Gasteiger partial charge in [0.1, 0.15) is 11.6 Å². The fourth-order valence-corrected chi connectivity index (χ4v) is 4.80. The predicted molar refractivity (Wildman–Crippen MR) is 107 cm³/mol. The Morgan fingerprint density at radius 1 is 1.17 bits per heavy atom. The molecule has 6 nitrogen and oxygen atoms in total. The number of aryl methyl sites for hydroxylation is 1. The number of ether oxygens (including phenoxy) is 1. The molecular formula is C21H25FN2O4S. The van der Waals surface area contributed by atoms with E-state index >= 15 is 0 Å². The molecule has 0 aromatic heterocycles. The minimum Gasteiger partial charge on any atom is -0.497 e. The van der Waals surface area contributed by atoms with E-state index in [1.807, 2.05) is 0 Å². The summed E-state index contributed by atoms with van der Waals surface area (Å²) in [6.45, 7) is 2.50. The highest BCUT2D eigenvalue weighted by Gasteiger charge is 2.32. The van der Waals surface area contributed by atoms with Crippen LogP contribution in [0, 0.1) is 18.7 Å². The second kappa shape index (κ2) is 8.92. The minimum atomic E-state index is -3.60. The first-order chi connectivity index (χ1) is 13.8. The number of piperidine rings is 1. The first-order valence-corrected chi connectivity index (χ1v) is 10.9. The Balaban J connectivity index is 1.54. The van der Waals surface area contributed by atoms with Gasteiger partial charge in [-0.15, -0.1) is 0 Å². The van der Waals surface area contributed by atoms with Crippen molar-refractivity contribution in [2.75, 3.05) is 20.2 Å². The highest BCUT2D eigenvalue weighted by atomic mass is 32.2. The molecule has 3 rings (SSSR count). The smallest absolute Gasteiger partial charge is 0.243 e. The molecule has 0 unspecified atom stereocenters. The first kappa shape index (κ1) is 21.3. The lowest BCUT2D eigenvalue weighted by atomic mass is 9.97. The van der Waals surface area contributed by atoms with Crippen LogP contribution < -0.4 is 10.1 Å². The summed E-state index contributed by atoms with van der Waals surface area (Å²) in [6.07, 6.45) is 0.896. The molecule has 1 amide bonds. The second-order valence-corrected chi connectivity index (χ2v) is 9.09. The third-order valence-electron chi connectivity index (χ3n) is 5.22. The van der Waals surface area contributed by atoms with E-state index in [-0.39, 0.29) is 42.2 Å². The predicted octanol–water partition coefficient (Wildman–Crippen LogP) is 2.86. The van der Waals surface area contributed by atoms with Crippen LogP contribution in [-0.2, 0) is 21.4 Å². The third kappa shape index (κ3) is 4.94. The normalized spacial score (nSPS) is 15.8. The van der Waals surface area contributed by atoms with Gasteiger partial charge in [0.25, 0.3) is 0 Å². The highest BCUT2D eigenvalue weighted by molar-refractivity contribution is 7.89. The van der Waals surface area contributed by atoms with Gasteiger partial charge in [0, 0.05) is 25.6 Å². The number of halogens is 1. The summed E-state index contributed by atoms with van der Waals surface area (Å²) in [4.78, 5) is 12.6. The van der Waals surface area contributed by atoms with Crippen molar-refractivity contribution >= 4 is 15.9 Å². The molecule has 0 radical (unpaired) electrons. The van der Waals surface area contributed by atoms with Crippen molar-refractivity contribution in [1.29, 1.82) is 0 Å². The molecule has 0 spiro atoms. The number of amides is 1. The second-order valence-electron chi connectivity index (χ2n) is 7.16. The number of nitrogens with one attached hydrogen (secondary N) is 1. The van der Waals surface area contributed by atoms with Crippen LogP contribution in [-0.4, -0.2) is 38.8 Å². The number of carbonyl (C=O) groups excluding carboxylic acids is 1. The number of sulfonamides is 1. The molecule has 1 N–H and O–H groups in total. The van der Waals surface area contributed by atoms with Crippen molar-refractivity contribution in [3.8, 4) is 5.75 Å². The Kier molecular flexibility index (Phi) is 6.54. The molecule has 0 atom stereocenters. The minimum absolute atomic E-state index is 0.132. The molecule has 0 saturated carbocycles. The topological polar surface area (TPSA) is 75.7 Å². The van der Waals surface area contributed by atoms with Gasteiger partial charge in [-0.2, -0.15) is 4.31 Å². The van der Waals surface area contributed by atoms with Crippen molar-refractivity contribution in [1.82, 2.24) is 9.62 Å². The van der Waals surface area contributed by atoms with Crippen molar-refractivity contribution < 1.29 is 22.3 Å². The van der Waals surface area contributed by atoms with Gasteiger partial charge < -0.3 is 10.1 Å². The van der Waals surface area contributed by atoms with Gasteiger partial charge in [-0.1, -0.05) is 12.1 Å². The van der Waals surface area contributed by atoms with Crippen LogP contribution >= 0.6 is 0 Å². The average molecular weight is 421 g/mol. The fraction of sp³-hybridized carbons (Fsp3) is 0.381. The van der Waals surface area contributed by atoms with Gasteiger partial charge in [-0.3, -0.25) is 4.79 Å². The zero-order valence-electron chi connectivity index (χ0n) is 16.5. The van der Waals surface area contributed by atoms with Gasteiger partial charge in [0.15, 0.2) is 0 Å². The van der Waals surface area contributed by atoms with E-state index in [0.717, 1.165) is 0 Å². The van der Waals surface area contributed by atoms with Gasteiger partial charge >= 0.3 is 0 Å². The number of hydrogen-bond acceptors (Lipinski definition) is 4. The van der Waals surface area contributed by atoms with E-state index < -0.39 is 10.0 Å². The van der Waals surface area contributed by atoms with Crippen LogP contribution in [0.1, 0.15) is 24.0 Å². The Hall–Kier alpha value is -2.45. The lowest BCUT2D eigenvalue weighted by Gasteiger charge is -2.30. The summed E-state index contributed by atoms with van der Waals surface area (Å²) < 4.78 is 45.7. The van der Waals surface area contributed by atoms with Gasteiger partial charge in [-0.05, 0) is 61.2 Å². The van der Waals surface area contributed by atoms with Crippen LogP contribution in [0.15, 0.2) is 47.4 Å². The van der Waals surface area contributed by atoms with Crippen molar-refractivity contribution in [2.24, 2.45) is 5.92 Å². The fourth-order valence-electron chi connectivity index (χ4n) is 3.33. The van der Waals surface area contributed by atoms with Gasteiger partial charge in [0.2, 0.25) is 15.9 Å². The van der Waals surface area contributed by atoms with Crippen LogP contribution in [0.25, 0.3) is 0 Å². The maximum Gasteiger partial charge on any atom is 0.243 e. The lowest BCUT2D eigenvalue weighted by molar-refractivity contribution is -0.126. The molecule has 156 valence electrons. The molecule has 1 saturated heterocycles. The van der Waals surface area contributed by atoms with Crippen molar-refractivity contribution in [3.05, 3.63) is 59.4 Å². The van der Waals surface area contributed by atoms with Gasteiger partial charge in [0.05, 0.1) is 12.0 Å². The highest BCUT2D eigenvalue weighted by Crippen LogP contribution is 2.25. The molecule has 29 heavy (non-hydrogen) atoms. The van der Waals surface area contributed by atoms with E-state index in [9.17, 15) is 17.6 Å². The molecule has 2 aromatic carbocycles. The van der Waals surface area contributed by atoms with E-state index in [1.54, 1.807) is 31.2 Å². The van der Waals surface area contributed by atoms with Crippen LogP contribution in [0.4, 0.5) is 4.39 Å². The molecule has 2 aromatic rings. The Morgan fingerprint density at radius 2 is 1.83 bits per heavy atom. The van der Waals surface area contributed by atoms with E-state index in [4.69, 9.17) is 4.74 Å². The summed E-state index contributed by atoms with van der Waals surface area (Å²) in [5.74, 6) is -0.0957. The molecule has 1 fully saturated rings. The van der Waals surface area contributed by atoms with E-state index in [1.165, 1.54) is 29.6 Å². The lowest BCUT2D eigenvalue weighted by Crippen LogP contribution is -2.42. The number of hydrogen-bond donors (Lipinski definition) is 1. The molecule has 1 aliphatic rings. The van der Waals surface area contributed by atoms with Gasteiger partial charge in [-0.25, -0.2) is 12.8 Å². The Morgan fingerprint density at radius 3 is 2.41 bits per heavy atom. The first-order valence-electron chi connectivity index (χ1n) is 9.48. The largest absolute Gasteiger partial charge is 0.497 e. The summed E-state index contributed by atoms with van der Waals surface area (Å²) in [6, 6.07) is 11.1. The van der Waals surface area contributed by atoms with Crippen LogP contribution in [0.3, 0.4) is 0 Å². The number of rotatable bonds is 6. The number of nitrogens with zero attached hydrogens (tertiary/aromatic N) is 1. The molecule has 0 aliphatic carbocycles. The zero-order chi connectivity index (χ0) is 21.0. The number of methoxy groups -OCH3 is 1. The summed E-state index contributed by atoms with van der Waals surface area (Å²) in [5, 5.41) is 2.83. The van der Waals surface area contributed by atoms with E-state index in [2.05, 4.69) is 5.32 Å². The SMILES string of the molecule is COc1ccc(S(=O)(=O)N2CCC(C(=O)NCc3ccc(C)c(F)c3)CC2)cc1. The molecule has 8 heteroatoms. The third-order valence-corrected chi connectivity index (χ3v) is 7.14. The van der Waals surface area contributed by atoms with Crippen LogP contribution in [0.2, 0.25) is 0 Å². The quantitative estimate of drug-likeness (QED) is 0.780.